The Morgan fingerprint density at radius 2 is 1.00 bits per heavy atom. The van der Waals surface area contributed by atoms with Gasteiger partial charge in [0.05, 0.1) is 0 Å². The zero-order valence-corrected chi connectivity index (χ0v) is 7.80. The fourth-order valence-electron chi connectivity index (χ4n) is 0. The topological polar surface area (TPSA) is 52.0 Å². The monoisotopic (exact) mass is 276 g/mol. The molecule has 5 heteroatoms. The van der Waals surface area contributed by atoms with E-state index in [0.717, 1.165) is 0 Å². The number of rotatable bonds is 1. The van der Waals surface area contributed by atoms with Crippen molar-refractivity contribution < 1.29 is 50.5 Å². The zero-order chi connectivity index (χ0) is 3.41. The predicted octanol–water partition coefficient (Wildman–Crippen LogP) is -7.09. The molecule has 0 bridgehead atoms. The van der Waals surface area contributed by atoms with Gasteiger partial charge in [0.1, 0.15) is 0 Å². The summed E-state index contributed by atoms with van der Waals surface area (Å²) in [6.45, 7) is 1.19. The van der Waals surface area contributed by atoms with E-state index in [4.69, 9.17) is 11.5 Å². The molecular formula is C2H8Br2N2Ni. The van der Waals surface area contributed by atoms with Gasteiger partial charge >= 0.3 is 16.5 Å². The van der Waals surface area contributed by atoms with E-state index < -0.39 is 0 Å². The van der Waals surface area contributed by atoms with Crippen molar-refractivity contribution in [1.29, 1.82) is 0 Å². The van der Waals surface area contributed by atoms with E-state index in [1.54, 1.807) is 0 Å². The fraction of sp³-hybridized carbons (Fsp3) is 1.00. The molecule has 4 N–H and O–H groups in total. The molecule has 0 rings (SSSR count). The first-order chi connectivity index (χ1) is 1.91. The van der Waals surface area contributed by atoms with E-state index in [1.807, 2.05) is 0 Å². The molecule has 0 radical (unpaired) electrons. The largest absolute Gasteiger partial charge is 2.00 e. The first kappa shape index (κ1) is 23.8. The van der Waals surface area contributed by atoms with Crippen molar-refractivity contribution in [2.24, 2.45) is 11.5 Å². The molecule has 0 aromatic carbocycles. The smallest absolute Gasteiger partial charge is 1.00 e. The van der Waals surface area contributed by atoms with Crippen molar-refractivity contribution in [2.45, 2.75) is 0 Å². The van der Waals surface area contributed by atoms with Gasteiger partial charge in [-0.2, -0.15) is 0 Å². The Morgan fingerprint density at radius 1 is 0.857 bits per heavy atom. The summed E-state index contributed by atoms with van der Waals surface area (Å²) in [5, 5.41) is 0. The third-order valence-corrected chi connectivity index (χ3v) is 0.167. The SMILES string of the molecule is NCCN.[Br-].[Br-].[Ni+2]. The summed E-state index contributed by atoms with van der Waals surface area (Å²) >= 11 is 0. The van der Waals surface area contributed by atoms with Crippen molar-refractivity contribution in [3.8, 4) is 0 Å². The van der Waals surface area contributed by atoms with E-state index >= 15 is 0 Å². The summed E-state index contributed by atoms with van der Waals surface area (Å²) in [7, 11) is 0. The Labute approximate surface area is 74.9 Å². The van der Waals surface area contributed by atoms with Crippen LogP contribution in [0.5, 0.6) is 0 Å². The number of hydrogen-bond donors (Lipinski definition) is 2. The molecule has 50 valence electrons. The minimum atomic E-state index is 0. The van der Waals surface area contributed by atoms with Crippen LogP contribution in [0.1, 0.15) is 0 Å². The fourth-order valence-corrected chi connectivity index (χ4v) is 0. The number of hydrogen-bond acceptors (Lipinski definition) is 2. The molecule has 0 saturated carbocycles. The second-order valence-electron chi connectivity index (χ2n) is 0.577. The van der Waals surface area contributed by atoms with E-state index in [2.05, 4.69) is 0 Å². The summed E-state index contributed by atoms with van der Waals surface area (Å²) in [6, 6.07) is 0. The Balaban J connectivity index is -0.0000000150. The predicted molar refractivity (Wildman–Crippen MR) is 18.1 cm³/mol. The zero-order valence-electron chi connectivity index (χ0n) is 3.64. The van der Waals surface area contributed by atoms with Crippen LogP contribution in [0.15, 0.2) is 0 Å². The van der Waals surface area contributed by atoms with Crippen molar-refractivity contribution in [3.63, 3.8) is 0 Å². The first-order valence-corrected chi connectivity index (χ1v) is 1.32. The van der Waals surface area contributed by atoms with Gasteiger partial charge in [-0.15, -0.1) is 0 Å². The minimum Gasteiger partial charge on any atom is -1.00 e. The van der Waals surface area contributed by atoms with E-state index in [1.165, 1.54) is 0 Å². The molecule has 0 fully saturated rings. The molecule has 0 atom stereocenters. The van der Waals surface area contributed by atoms with Crippen molar-refractivity contribution >= 4 is 0 Å². The molecule has 0 aromatic rings. The molecule has 0 amide bonds. The molecule has 0 saturated heterocycles. The van der Waals surface area contributed by atoms with Gasteiger partial charge in [0.2, 0.25) is 0 Å². The summed E-state index contributed by atoms with van der Waals surface area (Å²) in [6.07, 6.45) is 0. The first-order valence-electron chi connectivity index (χ1n) is 1.32. The Kier molecular flexibility index (Phi) is 89.5. The van der Waals surface area contributed by atoms with Crippen LogP contribution in [0.3, 0.4) is 0 Å². The maximum Gasteiger partial charge on any atom is 2.00 e. The van der Waals surface area contributed by atoms with Crippen molar-refractivity contribution in [1.82, 2.24) is 0 Å². The van der Waals surface area contributed by atoms with Crippen LogP contribution in [-0.2, 0) is 16.5 Å². The number of halogens is 2. The van der Waals surface area contributed by atoms with Gasteiger partial charge in [-0.1, -0.05) is 0 Å². The summed E-state index contributed by atoms with van der Waals surface area (Å²) in [5.41, 5.74) is 9.81. The summed E-state index contributed by atoms with van der Waals surface area (Å²) in [4.78, 5) is 0. The van der Waals surface area contributed by atoms with Gasteiger partial charge in [0.25, 0.3) is 0 Å². The van der Waals surface area contributed by atoms with Crippen LogP contribution < -0.4 is 45.4 Å². The second-order valence-corrected chi connectivity index (χ2v) is 0.577. The quantitative estimate of drug-likeness (QED) is 0.469. The third-order valence-electron chi connectivity index (χ3n) is 0.167. The third kappa shape index (κ3) is 37.8. The molecular weight excluding hydrogens is 271 g/mol. The van der Waals surface area contributed by atoms with Crippen LogP contribution in [0.25, 0.3) is 0 Å². The second kappa shape index (κ2) is 26.3. The number of nitrogens with two attached hydrogens (primary N) is 2. The summed E-state index contributed by atoms with van der Waals surface area (Å²) in [5.74, 6) is 0. The van der Waals surface area contributed by atoms with Gasteiger partial charge in [0.15, 0.2) is 0 Å². The van der Waals surface area contributed by atoms with Crippen LogP contribution in [0.4, 0.5) is 0 Å². The Bertz CT molecular complexity index is 15.7. The Hall–Kier alpha value is 1.37. The maximum atomic E-state index is 4.90. The maximum absolute atomic E-state index is 4.90. The molecule has 7 heavy (non-hydrogen) atoms. The molecule has 0 aliphatic heterocycles. The Morgan fingerprint density at radius 3 is 1.00 bits per heavy atom. The van der Waals surface area contributed by atoms with E-state index in [0.29, 0.717) is 13.1 Å². The van der Waals surface area contributed by atoms with Crippen LogP contribution >= 0.6 is 0 Å². The van der Waals surface area contributed by atoms with Crippen LogP contribution in [0, 0.1) is 0 Å². The molecule has 0 spiro atoms. The molecule has 0 aliphatic carbocycles. The average Bonchev–Trinajstić information content (AvgIpc) is 1.37. The van der Waals surface area contributed by atoms with Gasteiger partial charge in [-0.05, 0) is 0 Å². The van der Waals surface area contributed by atoms with E-state index in [-0.39, 0.29) is 50.5 Å². The molecule has 0 aliphatic rings. The molecule has 0 aromatic heterocycles. The van der Waals surface area contributed by atoms with Gasteiger partial charge < -0.3 is 45.4 Å². The normalized spacial score (nSPS) is 4.29. The standard InChI is InChI=1S/C2H8N2.2BrH.Ni/c3-1-2-4;;;/h1-4H2;2*1H;/q;;;+2/p-2. The minimum absolute atomic E-state index is 0. The van der Waals surface area contributed by atoms with Crippen LogP contribution in [0.2, 0.25) is 0 Å². The molecule has 0 heterocycles. The van der Waals surface area contributed by atoms with Gasteiger partial charge in [-0.3, -0.25) is 0 Å². The van der Waals surface area contributed by atoms with Crippen LogP contribution in [-0.4, -0.2) is 13.1 Å². The van der Waals surface area contributed by atoms with Gasteiger partial charge in [-0.25, -0.2) is 0 Å². The van der Waals surface area contributed by atoms with E-state index in [9.17, 15) is 0 Å². The molecule has 0 unspecified atom stereocenters. The van der Waals surface area contributed by atoms with Crippen molar-refractivity contribution in [2.75, 3.05) is 13.1 Å². The molecule has 2 nitrogen and oxygen atoms in total. The van der Waals surface area contributed by atoms with Gasteiger partial charge in [0, 0.05) is 13.1 Å². The summed E-state index contributed by atoms with van der Waals surface area (Å²) < 4.78 is 0. The average molecular weight is 279 g/mol. The van der Waals surface area contributed by atoms with Crippen molar-refractivity contribution in [3.05, 3.63) is 0 Å².